The molecule has 1 aliphatic rings. The smallest absolute Gasteiger partial charge is 0.274 e. The van der Waals surface area contributed by atoms with Crippen LogP contribution in [0.5, 0.6) is 11.5 Å². The van der Waals surface area contributed by atoms with Crippen molar-refractivity contribution in [2.75, 3.05) is 30.2 Å². The molecule has 11 heteroatoms. The number of benzene rings is 2. The normalized spacial score (nSPS) is 15.9. The van der Waals surface area contributed by atoms with Gasteiger partial charge in [-0.05, 0) is 108 Å². The van der Waals surface area contributed by atoms with E-state index >= 15 is 0 Å². The van der Waals surface area contributed by atoms with Crippen LogP contribution in [0.1, 0.15) is 65.9 Å². The number of aryl methyl sites for hydroxylation is 1. The number of ether oxygens (including phenoxy) is 3. The third kappa shape index (κ3) is 8.27. The van der Waals surface area contributed by atoms with Gasteiger partial charge in [0.1, 0.15) is 17.0 Å². The molecule has 1 aliphatic heterocycles. The van der Waals surface area contributed by atoms with E-state index in [0.717, 1.165) is 49.9 Å². The molecule has 2 aromatic carbocycles. The third-order valence-electron chi connectivity index (χ3n) is 9.15. The maximum absolute atomic E-state index is 12.8. The number of aromatic amines is 1. The number of sulfonamides is 1. The Morgan fingerprint density at radius 1 is 1.02 bits per heavy atom. The van der Waals surface area contributed by atoms with E-state index in [-0.39, 0.29) is 23.0 Å². The minimum absolute atomic E-state index is 0.0595. The summed E-state index contributed by atoms with van der Waals surface area (Å²) in [6.45, 7) is 12.6. The Balaban J connectivity index is 1.39. The first-order valence-corrected chi connectivity index (χ1v) is 18.1. The maximum Gasteiger partial charge on any atom is 0.274 e. The van der Waals surface area contributed by atoms with Crippen LogP contribution in [0.2, 0.25) is 0 Å². The average molecular weight is 665 g/mol. The van der Waals surface area contributed by atoms with E-state index < -0.39 is 15.6 Å². The monoisotopic (exact) mass is 664 g/mol. The molecule has 0 spiro atoms. The van der Waals surface area contributed by atoms with Gasteiger partial charge in [0.15, 0.2) is 0 Å². The van der Waals surface area contributed by atoms with Gasteiger partial charge < -0.3 is 29.1 Å². The number of nitrogens with zero attached hydrogens (tertiary/aromatic N) is 1. The van der Waals surface area contributed by atoms with Gasteiger partial charge >= 0.3 is 0 Å². The van der Waals surface area contributed by atoms with E-state index in [0.29, 0.717) is 40.3 Å². The Kier molecular flexibility index (Phi) is 10.5. The standard InChI is InChI=1S/C36H48N4O6S/c1-7-36(5,46-27-14-18-37-19-15-27)17-21-44-35(3,4)25-10-9-11-28(22-25)45-32-13-12-26(39-47(42,43)8-2)23-30(32)31-24-40(6)34(41)33-29(31)16-20-38-33/h9-13,16,20,22-24,27,37-39H,7-8,14-15,17-19,21H2,1-6H3. The summed E-state index contributed by atoms with van der Waals surface area (Å²) in [5.74, 6) is 1.05. The summed E-state index contributed by atoms with van der Waals surface area (Å²) in [5.41, 5.74) is 2.17. The van der Waals surface area contributed by atoms with Crippen LogP contribution in [0.4, 0.5) is 5.69 Å². The lowest BCUT2D eigenvalue weighted by Gasteiger charge is -2.36. The first-order valence-electron chi connectivity index (χ1n) is 16.5. The van der Waals surface area contributed by atoms with Crippen molar-refractivity contribution in [2.24, 2.45) is 7.05 Å². The van der Waals surface area contributed by atoms with Crippen LogP contribution in [0, 0.1) is 0 Å². The van der Waals surface area contributed by atoms with Gasteiger partial charge in [0.2, 0.25) is 10.0 Å². The van der Waals surface area contributed by atoms with Gasteiger partial charge in [-0.15, -0.1) is 0 Å². The van der Waals surface area contributed by atoms with Crippen molar-refractivity contribution in [1.29, 1.82) is 0 Å². The fourth-order valence-corrected chi connectivity index (χ4v) is 6.56. The molecule has 2 aromatic heterocycles. The number of hydrogen-bond donors (Lipinski definition) is 3. The molecule has 1 atom stereocenters. The predicted molar refractivity (Wildman–Crippen MR) is 188 cm³/mol. The SMILES string of the molecule is CCC(C)(CCOC(C)(C)c1cccc(Oc2ccc(NS(=O)(=O)CC)cc2-c2cn(C)c(=O)c3[nH]ccc23)c1)OC1CCNCC1. The molecule has 10 nitrogen and oxygen atoms in total. The van der Waals surface area contributed by atoms with E-state index in [1.165, 1.54) is 4.57 Å². The van der Waals surface area contributed by atoms with E-state index in [2.05, 4.69) is 42.7 Å². The molecule has 254 valence electrons. The van der Waals surface area contributed by atoms with Crippen molar-refractivity contribution >= 4 is 26.6 Å². The summed E-state index contributed by atoms with van der Waals surface area (Å²) < 4.78 is 48.5. The summed E-state index contributed by atoms with van der Waals surface area (Å²) in [5, 5.41) is 4.11. The van der Waals surface area contributed by atoms with Crippen LogP contribution in [-0.4, -0.2) is 55.1 Å². The lowest BCUT2D eigenvalue weighted by atomic mass is 9.96. The minimum Gasteiger partial charge on any atom is -0.457 e. The Labute approximate surface area is 277 Å². The van der Waals surface area contributed by atoms with Crippen molar-refractivity contribution in [3.8, 4) is 22.6 Å². The average Bonchev–Trinajstić information content (AvgIpc) is 3.54. The second kappa shape index (κ2) is 14.2. The number of rotatable bonds is 14. The molecular weight excluding hydrogens is 616 g/mol. The summed E-state index contributed by atoms with van der Waals surface area (Å²) in [6, 6.07) is 14.8. The molecule has 0 bridgehead atoms. The zero-order valence-electron chi connectivity index (χ0n) is 28.3. The van der Waals surface area contributed by atoms with Crippen molar-refractivity contribution in [3.05, 3.63) is 76.8 Å². The number of piperidine rings is 1. The van der Waals surface area contributed by atoms with Gasteiger partial charge in [-0.1, -0.05) is 19.1 Å². The highest BCUT2D eigenvalue weighted by molar-refractivity contribution is 7.92. The van der Waals surface area contributed by atoms with Gasteiger partial charge in [0.05, 0.1) is 29.7 Å². The number of fused-ring (bicyclic) bond motifs is 1. The molecule has 5 rings (SSSR count). The van der Waals surface area contributed by atoms with Crippen LogP contribution < -0.4 is 20.3 Å². The number of anilines is 1. The number of hydrogen-bond acceptors (Lipinski definition) is 7. The fraction of sp³-hybridized carbons (Fsp3) is 0.472. The van der Waals surface area contributed by atoms with Gasteiger partial charge in [0.25, 0.3) is 5.56 Å². The first kappa shape index (κ1) is 34.7. The van der Waals surface area contributed by atoms with Crippen LogP contribution in [-0.2, 0) is 32.1 Å². The molecule has 1 unspecified atom stereocenters. The summed E-state index contributed by atoms with van der Waals surface area (Å²) in [4.78, 5) is 15.8. The van der Waals surface area contributed by atoms with Gasteiger partial charge in [-0.25, -0.2) is 8.42 Å². The van der Waals surface area contributed by atoms with E-state index in [4.69, 9.17) is 14.2 Å². The van der Waals surface area contributed by atoms with Crippen LogP contribution in [0.25, 0.3) is 22.0 Å². The predicted octanol–water partition coefficient (Wildman–Crippen LogP) is 6.67. The highest BCUT2D eigenvalue weighted by atomic mass is 32.2. The van der Waals surface area contributed by atoms with Gasteiger partial charge in [-0.2, -0.15) is 0 Å². The molecule has 47 heavy (non-hydrogen) atoms. The van der Waals surface area contributed by atoms with Crippen LogP contribution in [0.3, 0.4) is 0 Å². The van der Waals surface area contributed by atoms with Crippen molar-refractivity contribution in [3.63, 3.8) is 0 Å². The van der Waals surface area contributed by atoms with Crippen molar-refractivity contribution < 1.29 is 22.6 Å². The Morgan fingerprint density at radius 2 is 1.79 bits per heavy atom. The zero-order valence-corrected chi connectivity index (χ0v) is 29.1. The van der Waals surface area contributed by atoms with Crippen LogP contribution in [0.15, 0.2) is 65.7 Å². The summed E-state index contributed by atoms with van der Waals surface area (Å²) >= 11 is 0. The van der Waals surface area contributed by atoms with E-state index in [1.54, 1.807) is 44.6 Å². The van der Waals surface area contributed by atoms with Gasteiger partial charge in [0, 0.05) is 41.6 Å². The molecule has 0 amide bonds. The maximum atomic E-state index is 12.8. The number of nitrogens with one attached hydrogen (secondary N) is 3. The third-order valence-corrected chi connectivity index (χ3v) is 10.5. The topological polar surface area (TPSA) is 124 Å². The molecular formula is C36H48N4O6S. The number of aromatic nitrogens is 2. The molecule has 4 aromatic rings. The second-order valence-corrected chi connectivity index (χ2v) is 15.1. The minimum atomic E-state index is -3.51. The second-order valence-electron chi connectivity index (χ2n) is 13.1. The summed E-state index contributed by atoms with van der Waals surface area (Å²) in [6.07, 6.45) is 7.51. The highest BCUT2D eigenvalue weighted by Crippen LogP contribution is 2.39. The molecule has 0 aliphatic carbocycles. The quantitative estimate of drug-likeness (QED) is 0.138. The van der Waals surface area contributed by atoms with Gasteiger partial charge in [-0.3, -0.25) is 9.52 Å². The molecule has 1 fully saturated rings. The van der Waals surface area contributed by atoms with E-state index in [9.17, 15) is 13.2 Å². The highest BCUT2D eigenvalue weighted by Gasteiger charge is 2.30. The lowest BCUT2D eigenvalue weighted by molar-refractivity contribution is -0.120. The zero-order chi connectivity index (χ0) is 33.8. The number of H-pyrrole nitrogens is 1. The lowest BCUT2D eigenvalue weighted by Crippen LogP contribution is -2.40. The summed E-state index contributed by atoms with van der Waals surface area (Å²) in [7, 11) is -1.83. The molecule has 0 radical (unpaired) electrons. The van der Waals surface area contributed by atoms with Crippen LogP contribution >= 0.6 is 0 Å². The Hall–Kier alpha value is -3.64. The molecule has 0 saturated carbocycles. The Bertz CT molecular complexity index is 1860. The molecule has 1 saturated heterocycles. The largest absolute Gasteiger partial charge is 0.457 e. The first-order chi connectivity index (χ1) is 22.3. The molecule has 3 heterocycles. The number of pyridine rings is 1. The fourth-order valence-electron chi connectivity index (χ4n) is 5.93. The van der Waals surface area contributed by atoms with Crippen molar-refractivity contribution in [1.82, 2.24) is 14.9 Å². The van der Waals surface area contributed by atoms with Crippen molar-refractivity contribution in [2.45, 2.75) is 77.6 Å². The Morgan fingerprint density at radius 3 is 2.51 bits per heavy atom. The van der Waals surface area contributed by atoms with E-state index in [1.807, 2.05) is 30.3 Å². The molecule has 3 N–H and O–H groups in total.